The molecule has 134 valence electrons. The van der Waals surface area contributed by atoms with Crippen LogP contribution in [0.2, 0.25) is 5.02 Å². The smallest absolute Gasteiger partial charge is 0.241 e. The largest absolute Gasteiger partial charge is 0.355 e. The third-order valence-corrected chi connectivity index (χ3v) is 4.39. The molecular weight excluding hydrogens is 342 g/mol. The third-order valence-electron chi connectivity index (χ3n) is 4.14. The summed E-state index contributed by atoms with van der Waals surface area (Å²) in [6.45, 7) is 7.14. The van der Waals surface area contributed by atoms with Crippen LogP contribution in [0.15, 0.2) is 28.8 Å². The Morgan fingerprint density at radius 1 is 1.20 bits per heavy atom. The van der Waals surface area contributed by atoms with Gasteiger partial charge >= 0.3 is 0 Å². The minimum absolute atomic E-state index is 0.0838. The summed E-state index contributed by atoms with van der Waals surface area (Å²) in [4.78, 5) is 20.5. The quantitative estimate of drug-likeness (QED) is 0.841. The molecule has 3 rings (SSSR count). The number of aromatic nitrogens is 2. The van der Waals surface area contributed by atoms with Gasteiger partial charge in [0.1, 0.15) is 0 Å². The first-order valence-electron chi connectivity index (χ1n) is 8.44. The van der Waals surface area contributed by atoms with Crippen molar-refractivity contribution in [3.63, 3.8) is 0 Å². The van der Waals surface area contributed by atoms with Crippen molar-refractivity contribution in [3.8, 4) is 11.4 Å². The maximum absolute atomic E-state index is 11.6. The average Bonchev–Trinajstić information content (AvgIpc) is 3.06. The number of likely N-dealkylation sites (N-methyl/N-ethyl adjacent to an activating group) is 1. The lowest BCUT2D eigenvalue weighted by Gasteiger charge is -2.33. The minimum Gasteiger partial charge on any atom is -0.355 e. The van der Waals surface area contributed by atoms with Crippen molar-refractivity contribution in [1.29, 1.82) is 0 Å². The summed E-state index contributed by atoms with van der Waals surface area (Å²) in [7, 11) is 0. The van der Waals surface area contributed by atoms with Crippen LogP contribution in [0, 0.1) is 0 Å². The Balaban J connectivity index is 1.49. The first-order valence-corrected chi connectivity index (χ1v) is 8.82. The maximum Gasteiger partial charge on any atom is 0.241 e. The molecule has 0 bridgehead atoms. The molecule has 0 atom stereocenters. The molecule has 0 radical (unpaired) electrons. The van der Waals surface area contributed by atoms with Crippen molar-refractivity contribution < 1.29 is 9.32 Å². The van der Waals surface area contributed by atoms with Gasteiger partial charge in [0.25, 0.3) is 0 Å². The molecule has 7 nitrogen and oxygen atoms in total. The molecule has 0 unspecified atom stereocenters. The summed E-state index contributed by atoms with van der Waals surface area (Å²) in [6, 6.07) is 7.36. The van der Waals surface area contributed by atoms with Gasteiger partial charge in [-0.25, -0.2) is 0 Å². The molecule has 0 aliphatic carbocycles. The van der Waals surface area contributed by atoms with E-state index in [4.69, 9.17) is 16.1 Å². The van der Waals surface area contributed by atoms with Crippen LogP contribution in [0.1, 0.15) is 12.8 Å². The van der Waals surface area contributed by atoms with Crippen LogP contribution in [-0.2, 0) is 11.3 Å². The van der Waals surface area contributed by atoms with E-state index in [-0.39, 0.29) is 5.91 Å². The van der Waals surface area contributed by atoms with Crippen LogP contribution in [0.4, 0.5) is 0 Å². The number of carbonyl (C=O) groups is 1. The van der Waals surface area contributed by atoms with Crippen LogP contribution in [0.25, 0.3) is 11.4 Å². The van der Waals surface area contributed by atoms with E-state index in [2.05, 4.69) is 25.3 Å². The van der Waals surface area contributed by atoms with Crippen molar-refractivity contribution >= 4 is 17.5 Å². The van der Waals surface area contributed by atoms with Crippen molar-refractivity contribution in [1.82, 2.24) is 25.3 Å². The van der Waals surface area contributed by atoms with Gasteiger partial charge in [0, 0.05) is 43.3 Å². The Kier molecular flexibility index (Phi) is 6.01. The number of nitrogens with zero attached hydrogens (tertiary/aromatic N) is 4. The first kappa shape index (κ1) is 17.8. The second kappa shape index (κ2) is 8.42. The van der Waals surface area contributed by atoms with E-state index in [9.17, 15) is 4.79 Å². The monoisotopic (exact) mass is 363 g/mol. The fourth-order valence-electron chi connectivity index (χ4n) is 2.79. The molecule has 1 amide bonds. The molecule has 1 N–H and O–H groups in total. The SMILES string of the molecule is CCNC(=O)CN1CCN(Cc2nc(-c3ccc(Cl)cc3)no2)CC1. The van der Waals surface area contributed by atoms with E-state index in [1.54, 1.807) is 12.1 Å². The maximum atomic E-state index is 11.6. The first-order chi connectivity index (χ1) is 12.1. The van der Waals surface area contributed by atoms with Gasteiger partial charge in [-0.1, -0.05) is 16.8 Å². The van der Waals surface area contributed by atoms with E-state index in [1.807, 2.05) is 19.1 Å². The van der Waals surface area contributed by atoms with Gasteiger partial charge in [0.15, 0.2) is 0 Å². The van der Waals surface area contributed by atoms with Crippen molar-refractivity contribution in [2.45, 2.75) is 13.5 Å². The lowest BCUT2D eigenvalue weighted by atomic mass is 10.2. The summed E-state index contributed by atoms with van der Waals surface area (Å²) in [5.41, 5.74) is 0.881. The highest BCUT2D eigenvalue weighted by Crippen LogP contribution is 2.19. The molecular formula is C17H22ClN5O2. The van der Waals surface area contributed by atoms with Gasteiger partial charge in [-0.15, -0.1) is 0 Å². The fraction of sp³-hybridized carbons (Fsp3) is 0.471. The van der Waals surface area contributed by atoms with Crippen LogP contribution < -0.4 is 5.32 Å². The van der Waals surface area contributed by atoms with Gasteiger partial charge in [-0.3, -0.25) is 14.6 Å². The van der Waals surface area contributed by atoms with Crippen LogP contribution in [-0.4, -0.2) is 65.1 Å². The number of amides is 1. The molecule has 1 aliphatic rings. The number of hydrogen-bond donors (Lipinski definition) is 1. The third kappa shape index (κ3) is 5.01. The Labute approximate surface area is 151 Å². The second-order valence-electron chi connectivity index (χ2n) is 6.02. The summed E-state index contributed by atoms with van der Waals surface area (Å²) < 4.78 is 5.36. The summed E-state index contributed by atoms with van der Waals surface area (Å²) in [6.07, 6.45) is 0. The van der Waals surface area contributed by atoms with Crippen molar-refractivity contribution in [2.75, 3.05) is 39.3 Å². The van der Waals surface area contributed by atoms with E-state index >= 15 is 0 Å². The topological polar surface area (TPSA) is 74.5 Å². The molecule has 1 aliphatic heterocycles. The van der Waals surface area contributed by atoms with E-state index in [1.165, 1.54) is 0 Å². The van der Waals surface area contributed by atoms with Gasteiger partial charge in [0.2, 0.25) is 17.6 Å². The number of benzene rings is 1. The second-order valence-corrected chi connectivity index (χ2v) is 6.46. The van der Waals surface area contributed by atoms with Crippen molar-refractivity contribution in [2.24, 2.45) is 0 Å². The predicted molar refractivity (Wildman–Crippen MR) is 95.1 cm³/mol. The number of hydrogen-bond acceptors (Lipinski definition) is 6. The van der Waals surface area contributed by atoms with Crippen LogP contribution in [0.5, 0.6) is 0 Å². The molecule has 1 aromatic heterocycles. The van der Waals surface area contributed by atoms with E-state index in [0.717, 1.165) is 31.7 Å². The van der Waals surface area contributed by atoms with Crippen LogP contribution >= 0.6 is 11.6 Å². The summed E-state index contributed by atoms with van der Waals surface area (Å²) >= 11 is 5.89. The lowest BCUT2D eigenvalue weighted by Crippen LogP contribution is -2.49. The van der Waals surface area contributed by atoms with E-state index < -0.39 is 0 Å². The number of piperazine rings is 1. The predicted octanol–water partition coefficient (Wildman–Crippen LogP) is 1.64. The normalized spacial score (nSPS) is 16.1. The number of rotatable bonds is 6. The zero-order chi connectivity index (χ0) is 17.6. The highest BCUT2D eigenvalue weighted by Gasteiger charge is 2.20. The Bertz CT molecular complexity index is 695. The van der Waals surface area contributed by atoms with Crippen LogP contribution in [0.3, 0.4) is 0 Å². The van der Waals surface area contributed by atoms with Gasteiger partial charge in [-0.05, 0) is 31.2 Å². The highest BCUT2D eigenvalue weighted by atomic mass is 35.5. The minimum atomic E-state index is 0.0838. The molecule has 1 aromatic carbocycles. The Morgan fingerprint density at radius 3 is 2.56 bits per heavy atom. The summed E-state index contributed by atoms with van der Waals surface area (Å²) in [5.74, 6) is 1.25. The zero-order valence-corrected chi connectivity index (χ0v) is 15.0. The molecule has 2 aromatic rings. The van der Waals surface area contributed by atoms with Gasteiger partial charge in [0.05, 0.1) is 13.1 Å². The fourth-order valence-corrected chi connectivity index (χ4v) is 2.91. The summed E-state index contributed by atoms with van der Waals surface area (Å²) in [5, 5.41) is 7.55. The number of halogens is 1. The standard InChI is InChI=1S/C17H22ClN5O2/c1-2-19-15(24)11-22-7-9-23(10-8-22)12-16-20-17(21-25-16)13-3-5-14(18)6-4-13/h3-6H,2,7-12H2,1H3,(H,19,24). The molecule has 8 heteroatoms. The molecule has 0 spiro atoms. The number of carbonyl (C=O) groups excluding carboxylic acids is 1. The van der Waals surface area contributed by atoms with Gasteiger partial charge in [-0.2, -0.15) is 4.98 Å². The molecule has 2 heterocycles. The Hall–Kier alpha value is -1.96. The Morgan fingerprint density at radius 2 is 1.88 bits per heavy atom. The highest BCUT2D eigenvalue weighted by molar-refractivity contribution is 6.30. The van der Waals surface area contributed by atoms with Crippen molar-refractivity contribution in [3.05, 3.63) is 35.2 Å². The molecule has 0 saturated carbocycles. The zero-order valence-electron chi connectivity index (χ0n) is 14.2. The molecule has 1 saturated heterocycles. The number of nitrogens with one attached hydrogen (secondary N) is 1. The van der Waals surface area contributed by atoms with Gasteiger partial charge < -0.3 is 9.84 Å². The lowest BCUT2D eigenvalue weighted by molar-refractivity contribution is -0.122. The molecule has 25 heavy (non-hydrogen) atoms. The average molecular weight is 364 g/mol. The van der Waals surface area contributed by atoms with E-state index in [0.29, 0.717) is 36.4 Å². The molecule has 1 fully saturated rings.